The normalized spacial score (nSPS) is 35.3. The predicted molar refractivity (Wildman–Crippen MR) is 79.7 cm³/mol. The molecule has 4 bridgehead atoms. The Balaban J connectivity index is 1.50. The summed E-state index contributed by atoms with van der Waals surface area (Å²) in [5, 5.41) is 3.05. The molecule has 0 aromatic heterocycles. The number of alkyl halides is 3. The van der Waals surface area contributed by atoms with Crippen LogP contribution in [0.1, 0.15) is 48.0 Å². The van der Waals surface area contributed by atoms with Gasteiger partial charge in [-0.15, -0.1) is 0 Å². The van der Waals surface area contributed by atoms with Crippen molar-refractivity contribution in [2.45, 2.75) is 44.3 Å². The van der Waals surface area contributed by atoms with E-state index in [1.165, 1.54) is 44.2 Å². The largest absolute Gasteiger partial charge is 0.416 e. The molecule has 4 fully saturated rings. The lowest BCUT2D eigenvalue weighted by atomic mass is 9.54. The Morgan fingerprint density at radius 2 is 1.61 bits per heavy atom. The quantitative estimate of drug-likeness (QED) is 0.866. The molecule has 0 aliphatic heterocycles. The summed E-state index contributed by atoms with van der Waals surface area (Å²) in [6.07, 6.45) is 1.59. The number of nitrogens with one attached hydrogen (secondary N) is 1. The molecule has 0 unspecified atom stereocenters. The third-order valence-electron chi connectivity index (χ3n) is 5.98. The number of halogens is 3. The van der Waals surface area contributed by atoms with Gasteiger partial charge < -0.3 is 5.32 Å². The molecule has 4 aliphatic rings. The van der Waals surface area contributed by atoms with Gasteiger partial charge in [0.25, 0.3) is 5.91 Å². The van der Waals surface area contributed by atoms with Gasteiger partial charge in [-0.05, 0) is 74.0 Å². The van der Waals surface area contributed by atoms with E-state index >= 15 is 0 Å². The highest BCUT2D eigenvalue weighted by Crippen LogP contribution is 2.53. The molecular weight excluding hydrogens is 303 g/mol. The SMILES string of the molecule is O=C(NC1C2CC3CC(C2)CC1C3)c1cccc(C(F)(F)F)c1. The number of amides is 1. The molecular formula is C18H20F3NO. The molecule has 1 aromatic carbocycles. The summed E-state index contributed by atoms with van der Waals surface area (Å²) < 4.78 is 38.4. The highest BCUT2D eigenvalue weighted by atomic mass is 19.4. The third kappa shape index (κ3) is 2.74. The Morgan fingerprint density at radius 3 is 2.17 bits per heavy atom. The van der Waals surface area contributed by atoms with Crippen LogP contribution in [0.15, 0.2) is 24.3 Å². The van der Waals surface area contributed by atoms with Gasteiger partial charge in [-0.2, -0.15) is 13.2 Å². The Morgan fingerprint density at radius 1 is 1.00 bits per heavy atom. The standard InChI is InChI=1S/C18H20F3NO/c19-18(20,21)15-3-1-2-12(9-15)17(23)22-16-13-5-10-4-11(7-13)8-14(16)6-10/h1-3,9-11,13-14,16H,4-8H2,(H,22,23). The van der Waals surface area contributed by atoms with Crippen molar-refractivity contribution < 1.29 is 18.0 Å². The van der Waals surface area contributed by atoms with Crippen molar-refractivity contribution in [2.75, 3.05) is 0 Å². The summed E-state index contributed by atoms with van der Waals surface area (Å²) in [5.74, 6) is 2.27. The van der Waals surface area contributed by atoms with Gasteiger partial charge in [-0.25, -0.2) is 0 Å². The fourth-order valence-corrected chi connectivity index (χ4v) is 5.23. The van der Waals surface area contributed by atoms with Gasteiger partial charge in [-0.3, -0.25) is 4.79 Å². The molecule has 0 saturated heterocycles. The van der Waals surface area contributed by atoms with Gasteiger partial charge in [0.15, 0.2) is 0 Å². The second kappa shape index (κ2) is 5.25. The first-order valence-electron chi connectivity index (χ1n) is 8.38. The molecule has 4 saturated carbocycles. The molecule has 124 valence electrons. The average molecular weight is 323 g/mol. The third-order valence-corrected chi connectivity index (χ3v) is 5.98. The Hall–Kier alpha value is -1.52. The number of rotatable bonds is 2. The maximum absolute atomic E-state index is 12.8. The van der Waals surface area contributed by atoms with Crippen molar-refractivity contribution in [2.24, 2.45) is 23.7 Å². The maximum Gasteiger partial charge on any atom is 0.416 e. The van der Waals surface area contributed by atoms with Gasteiger partial charge in [0.2, 0.25) is 0 Å². The molecule has 5 heteroatoms. The van der Waals surface area contributed by atoms with Crippen LogP contribution in [0.3, 0.4) is 0 Å². The van der Waals surface area contributed by atoms with Crippen LogP contribution in [0.4, 0.5) is 13.2 Å². The second-order valence-corrected chi connectivity index (χ2v) is 7.51. The van der Waals surface area contributed by atoms with Crippen LogP contribution < -0.4 is 5.32 Å². The van der Waals surface area contributed by atoms with Crippen LogP contribution in [-0.4, -0.2) is 11.9 Å². The zero-order valence-corrected chi connectivity index (χ0v) is 12.8. The zero-order valence-electron chi connectivity index (χ0n) is 12.8. The lowest BCUT2D eigenvalue weighted by Crippen LogP contribution is -2.55. The maximum atomic E-state index is 12.8. The van der Waals surface area contributed by atoms with Crippen LogP contribution in [0.2, 0.25) is 0 Å². The van der Waals surface area contributed by atoms with Gasteiger partial charge in [0.05, 0.1) is 5.56 Å². The fraction of sp³-hybridized carbons (Fsp3) is 0.611. The van der Waals surface area contributed by atoms with E-state index < -0.39 is 11.7 Å². The lowest BCUT2D eigenvalue weighted by Gasteiger charge is -2.54. The molecule has 5 rings (SSSR count). The van der Waals surface area contributed by atoms with Crippen LogP contribution >= 0.6 is 0 Å². The first-order valence-corrected chi connectivity index (χ1v) is 8.38. The highest BCUT2D eigenvalue weighted by Gasteiger charge is 2.48. The first-order chi connectivity index (χ1) is 10.9. The summed E-state index contributed by atoms with van der Waals surface area (Å²) in [5.41, 5.74) is -0.663. The van der Waals surface area contributed by atoms with E-state index in [9.17, 15) is 18.0 Å². The van der Waals surface area contributed by atoms with E-state index in [1.807, 2.05) is 0 Å². The van der Waals surface area contributed by atoms with Gasteiger partial charge in [0, 0.05) is 11.6 Å². The Kier molecular flexibility index (Phi) is 3.43. The molecule has 23 heavy (non-hydrogen) atoms. The van der Waals surface area contributed by atoms with Crippen molar-refractivity contribution in [3.8, 4) is 0 Å². The summed E-state index contributed by atoms with van der Waals surface area (Å²) in [4.78, 5) is 12.4. The summed E-state index contributed by atoms with van der Waals surface area (Å²) in [6.45, 7) is 0. The number of carbonyl (C=O) groups is 1. The number of hydrogen-bond donors (Lipinski definition) is 1. The summed E-state index contributed by atoms with van der Waals surface area (Å²) >= 11 is 0. The fourth-order valence-electron chi connectivity index (χ4n) is 5.23. The lowest BCUT2D eigenvalue weighted by molar-refractivity contribution is -0.137. The minimum absolute atomic E-state index is 0.105. The number of hydrogen-bond acceptors (Lipinski definition) is 1. The predicted octanol–water partition coefficient (Wildman–Crippen LogP) is 4.26. The van der Waals surface area contributed by atoms with Gasteiger partial charge >= 0.3 is 6.18 Å². The molecule has 0 spiro atoms. The van der Waals surface area contributed by atoms with Gasteiger partial charge in [0.1, 0.15) is 0 Å². The molecule has 2 nitrogen and oxygen atoms in total. The molecule has 0 atom stereocenters. The first kappa shape index (κ1) is 15.0. The van der Waals surface area contributed by atoms with E-state index in [0.29, 0.717) is 11.8 Å². The number of benzene rings is 1. The zero-order chi connectivity index (χ0) is 16.2. The van der Waals surface area contributed by atoms with Crippen molar-refractivity contribution in [1.29, 1.82) is 0 Å². The molecule has 1 aromatic rings. The summed E-state index contributed by atoms with van der Waals surface area (Å²) in [7, 11) is 0. The van der Waals surface area contributed by atoms with E-state index in [0.717, 1.165) is 24.0 Å². The minimum Gasteiger partial charge on any atom is -0.349 e. The van der Waals surface area contributed by atoms with Gasteiger partial charge in [-0.1, -0.05) is 6.07 Å². The van der Waals surface area contributed by atoms with Crippen LogP contribution in [0.5, 0.6) is 0 Å². The second-order valence-electron chi connectivity index (χ2n) is 7.51. The van der Waals surface area contributed by atoms with Crippen LogP contribution in [0.25, 0.3) is 0 Å². The van der Waals surface area contributed by atoms with Crippen LogP contribution in [-0.2, 0) is 6.18 Å². The molecule has 4 aliphatic carbocycles. The number of carbonyl (C=O) groups excluding carboxylic acids is 1. The summed E-state index contributed by atoms with van der Waals surface area (Å²) in [6, 6.07) is 4.85. The van der Waals surface area contributed by atoms with E-state index in [2.05, 4.69) is 5.32 Å². The highest BCUT2D eigenvalue weighted by molar-refractivity contribution is 5.94. The van der Waals surface area contributed by atoms with Crippen molar-refractivity contribution >= 4 is 5.91 Å². The van der Waals surface area contributed by atoms with Crippen molar-refractivity contribution in [3.63, 3.8) is 0 Å². The van der Waals surface area contributed by atoms with E-state index in [-0.39, 0.29) is 17.5 Å². The molecule has 0 heterocycles. The minimum atomic E-state index is -4.42. The molecule has 1 N–H and O–H groups in total. The van der Waals surface area contributed by atoms with E-state index in [4.69, 9.17) is 0 Å². The van der Waals surface area contributed by atoms with Crippen molar-refractivity contribution in [1.82, 2.24) is 5.32 Å². The Labute approximate surface area is 133 Å². The molecule has 0 radical (unpaired) electrons. The van der Waals surface area contributed by atoms with E-state index in [1.54, 1.807) is 0 Å². The molecule has 1 amide bonds. The van der Waals surface area contributed by atoms with Crippen molar-refractivity contribution in [3.05, 3.63) is 35.4 Å². The monoisotopic (exact) mass is 323 g/mol. The smallest absolute Gasteiger partial charge is 0.349 e. The topological polar surface area (TPSA) is 29.1 Å². The van der Waals surface area contributed by atoms with Crippen LogP contribution in [0, 0.1) is 23.7 Å². The average Bonchev–Trinajstić information content (AvgIpc) is 2.49. The Bertz CT molecular complexity index is 597.